The number of hydrogen-bond acceptors (Lipinski definition) is 4. The zero-order chi connectivity index (χ0) is 10.8. The molecular formula is C7H10N2O3S2. The second kappa shape index (κ2) is 3.68. The first-order chi connectivity index (χ1) is 6.31. The van der Waals surface area contributed by atoms with Crippen molar-refractivity contribution in [2.75, 3.05) is 6.26 Å². The first-order valence-corrected chi connectivity index (χ1v) is 7.08. The van der Waals surface area contributed by atoms with E-state index in [0.717, 1.165) is 6.26 Å². The average molecular weight is 234 g/mol. The Morgan fingerprint density at radius 3 is 2.07 bits per heavy atom. The third-order valence-corrected chi connectivity index (χ3v) is 4.36. The van der Waals surface area contributed by atoms with Gasteiger partial charge in [-0.05, 0) is 12.1 Å². The largest absolute Gasteiger partial charge is 0.252 e. The summed E-state index contributed by atoms with van der Waals surface area (Å²) in [5.74, 6) is 0. The van der Waals surface area contributed by atoms with Gasteiger partial charge in [0, 0.05) is 6.26 Å². The van der Waals surface area contributed by atoms with Crippen LogP contribution in [-0.4, -0.2) is 18.9 Å². The summed E-state index contributed by atoms with van der Waals surface area (Å²) in [5, 5.41) is 0. The van der Waals surface area contributed by atoms with E-state index in [2.05, 4.69) is 0 Å². The van der Waals surface area contributed by atoms with E-state index in [9.17, 15) is 12.6 Å². The van der Waals surface area contributed by atoms with Crippen molar-refractivity contribution in [1.82, 2.24) is 4.13 Å². The lowest BCUT2D eigenvalue weighted by Gasteiger charge is -2.05. The van der Waals surface area contributed by atoms with Crippen molar-refractivity contribution in [3.8, 4) is 0 Å². The Hall–Kier alpha value is -0.920. The number of benzene rings is 1. The molecule has 0 aliphatic carbocycles. The molecule has 1 unspecified atom stereocenters. The van der Waals surface area contributed by atoms with Gasteiger partial charge in [-0.15, -0.1) is 4.13 Å². The standard InChI is InChI=1S/C7H10N2O3S2/c1-13(8,10)9-14(11,12)7-5-3-2-4-6-7/h2-6H,1H3,(H2,8,9,10). The highest BCUT2D eigenvalue weighted by atomic mass is 32.3. The fraction of sp³-hybridized carbons (Fsp3) is 0.143. The van der Waals surface area contributed by atoms with Crippen molar-refractivity contribution in [3.63, 3.8) is 0 Å². The summed E-state index contributed by atoms with van der Waals surface area (Å²) in [5.41, 5.74) is 0. The second-order valence-electron chi connectivity index (χ2n) is 2.74. The van der Waals surface area contributed by atoms with Crippen LogP contribution in [0.25, 0.3) is 0 Å². The molecule has 0 heterocycles. The lowest BCUT2D eigenvalue weighted by Crippen LogP contribution is -2.28. The third kappa shape index (κ3) is 3.09. The summed E-state index contributed by atoms with van der Waals surface area (Å²) in [7, 11) is -7.10. The number of nitrogens with one attached hydrogen (secondary N) is 2. The minimum Gasteiger partial charge on any atom is -0.240 e. The summed E-state index contributed by atoms with van der Waals surface area (Å²) < 4.78 is 42.6. The minimum absolute atomic E-state index is 0.00169. The van der Waals surface area contributed by atoms with Crippen LogP contribution in [0.1, 0.15) is 0 Å². The van der Waals surface area contributed by atoms with E-state index in [0.29, 0.717) is 0 Å². The molecule has 0 fully saturated rings. The highest BCUT2D eigenvalue weighted by molar-refractivity contribution is 8.04. The van der Waals surface area contributed by atoms with Crippen LogP contribution >= 0.6 is 0 Å². The molecule has 0 radical (unpaired) electrons. The Balaban J connectivity index is 3.12. The molecule has 0 bridgehead atoms. The van der Waals surface area contributed by atoms with Gasteiger partial charge in [0.25, 0.3) is 10.0 Å². The molecule has 0 saturated carbocycles. The smallest absolute Gasteiger partial charge is 0.240 e. The van der Waals surface area contributed by atoms with Gasteiger partial charge >= 0.3 is 0 Å². The maximum atomic E-state index is 11.4. The van der Waals surface area contributed by atoms with E-state index in [-0.39, 0.29) is 4.90 Å². The quantitative estimate of drug-likeness (QED) is 0.801. The Morgan fingerprint density at radius 2 is 1.64 bits per heavy atom. The lowest BCUT2D eigenvalue weighted by molar-refractivity contribution is 0.592. The molecule has 0 saturated heterocycles. The van der Waals surface area contributed by atoms with E-state index < -0.39 is 19.9 Å². The van der Waals surface area contributed by atoms with Crippen molar-refractivity contribution < 1.29 is 12.6 Å². The third-order valence-electron chi connectivity index (χ3n) is 1.32. The van der Waals surface area contributed by atoms with Crippen LogP contribution in [0.2, 0.25) is 0 Å². The highest BCUT2D eigenvalue weighted by Crippen LogP contribution is 2.07. The van der Waals surface area contributed by atoms with Crippen LogP contribution in [0.15, 0.2) is 35.2 Å². The Kier molecular flexibility index (Phi) is 2.93. The molecular weight excluding hydrogens is 224 g/mol. The normalized spacial score (nSPS) is 16.1. The molecule has 0 aromatic heterocycles. The van der Waals surface area contributed by atoms with Crippen LogP contribution in [0.3, 0.4) is 0 Å². The number of hydrogen-bond donors (Lipinski definition) is 2. The topological polar surface area (TPSA) is 87.1 Å². The highest BCUT2D eigenvalue weighted by Gasteiger charge is 2.16. The van der Waals surface area contributed by atoms with Gasteiger partial charge in [-0.1, -0.05) is 18.2 Å². The fourth-order valence-corrected chi connectivity index (χ4v) is 3.43. The minimum atomic E-state index is -3.83. The molecule has 2 N–H and O–H groups in total. The molecule has 0 aliphatic heterocycles. The molecule has 7 heteroatoms. The van der Waals surface area contributed by atoms with Crippen LogP contribution in [-0.2, 0) is 19.9 Å². The molecule has 0 spiro atoms. The zero-order valence-corrected chi connectivity index (χ0v) is 9.06. The molecule has 1 rings (SSSR count). The predicted molar refractivity (Wildman–Crippen MR) is 53.5 cm³/mol. The van der Waals surface area contributed by atoms with Crippen LogP contribution in [0.5, 0.6) is 0 Å². The van der Waals surface area contributed by atoms with E-state index in [1.165, 1.54) is 12.1 Å². The molecule has 78 valence electrons. The van der Waals surface area contributed by atoms with Gasteiger partial charge in [-0.3, -0.25) is 0 Å². The van der Waals surface area contributed by atoms with Crippen molar-refractivity contribution in [3.05, 3.63) is 30.3 Å². The van der Waals surface area contributed by atoms with Gasteiger partial charge in [-0.2, -0.15) is 0 Å². The van der Waals surface area contributed by atoms with Crippen molar-refractivity contribution in [2.45, 2.75) is 4.90 Å². The monoisotopic (exact) mass is 234 g/mol. The van der Waals surface area contributed by atoms with Gasteiger partial charge in [0.05, 0.1) is 4.90 Å². The van der Waals surface area contributed by atoms with E-state index >= 15 is 0 Å². The summed E-state index contributed by atoms with van der Waals surface area (Å²) >= 11 is 0. The Labute approximate surface area is 83.3 Å². The van der Waals surface area contributed by atoms with Gasteiger partial charge in [0.1, 0.15) is 9.92 Å². The molecule has 5 nitrogen and oxygen atoms in total. The predicted octanol–water partition coefficient (Wildman–Crippen LogP) is 0.556. The van der Waals surface area contributed by atoms with E-state index in [1.807, 2.05) is 0 Å². The van der Waals surface area contributed by atoms with Gasteiger partial charge in [-0.25, -0.2) is 17.4 Å². The van der Waals surface area contributed by atoms with Crippen molar-refractivity contribution >= 4 is 19.9 Å². The van der Waals surface area contributed by atoms with E-state index in [1.54, 1.807) is 22.3 Å². The first kappa shape index (κ1) is 11.2. The van der Waals surface area contributed by atoms with Crippen molar-refractivity contribution in [1.29, 1.82) is 4.78 Å². The number of sulfonamides is 1. The maximum absolute atomic E-state index is 11.4. The summed E-state index contributed by atoms with van der Waals surface area (Å²) in [6, 6.07) is 7.51. The molecule has 0 amide bonds. The molecule has 1 atom stereocenters. The second-order valence-corrected chi connectivity index (χ2v) is 6.58. The molecule has 1 aromatic carbocycles. The zero-order valence-electron chi connectivity index (χ0n) is 7.43. The fourth-order valence-electron chi connectivity index (χ4n) is 0.857. The van der Waals surface area contributed by atoms with Gasteiger partial charge in [0.2, 0.25) is 0 Å². The van der Waals surface area contributed by atoms with Gasteiger partial charge in [0.15, 0.2) is 0 Å². The van der Waals surface area contributed by atoms with Crippen LogP contribution in [0, 0.1) is 4.78 Å². The first-order valence-electron chi connectivity index (χ1n) is 3.64. The summed E-state index contributed by atoms with van der Waals surface area (Å²) in [6.07, 6.45) is 1.01. The summed E-state index contributed by atoms with van der Waals surface area (Å²) in [4.78, 5) is 0.00169. The number of rotatable bonds is 3. The van der Waals surface area contributed by atoms with Crippen LogP contribution < -0.4 is 4.13 Å². The Morgan fingerprint density at radius 1 is 1.14 bits per heavy atom. The summed E-state index contributed by atoms with van der Waals surface area (Å²) in [6.45, 7) is 0. The molecule has 0 aliphatic rings. The Bertz CT molecular complexity index is 505. The molecule has 14 heavy (non-hydrogen) atoms. The van der Waals surface area contributed by atoms with Crippen molar-refractivity contribution in [2.24, 2.45) is 0 Å². The van der Waals surface area contributed by atoms with Gasteiger partial charge < -0.3 is 0 Å². The van der Waals surface area contributed by atoms with E-state index in [4.69, 9.17) is 4.78 Å². The SMILES string of the molecule is CS(=N)(=O)NS(=O)(=O)c1ccccc1. The average Bonchev–Trinajstić information content (AvgIpc) is 2.01. The molecule has 1 aromatic rings. The maximum Gasteiger partial charge on any atom is 0.252 e. The lowest BCUT2D eigenvalue weighted by atomic mass is 10.4. The van der Waals surface area contributed by atoms with Crippen LogP contribution in [0.4, 0.5) is 0 Å².